The van der Waals surface area contributed by atoms with E-state index in [1.54, 1.807) is 0 Å². The molecule has 1 aromatic carbocycles. The van der Waals surface area contributed by atoms with Crippen molar-refractivity contribution in [2.24, 2.45) is 5.92 Å². The molecule has 0 N–H and O–H groups in total. The van der Waals surface area contributed by atoms with Gasteiger partial charge in [-0.15, -0.1) is 0 Å². The monoisotopic (exact) mass is 335 g/mol. The normalized spacial score (nSPS) is 21.4. The molecule has 3 rings (SSSR count). The molecule has 1 aliphatic rings. The van der Waals surface area contributed by atoms with Gasteiger partial charge < -0.3 is 0 Å². The average Bonchev–Trinajstić information content (AvgIpc) is 2.58. The number of aromatic nitrogens is 1. The number of rotatable bonds is 3. The third kappa shape index (κ3) is 3.55. The molecule has 0 spiro atoms. The molecule has 0 bridgehead atoms. The quantitative estimate of drug-likeness (QED) is 0.594. The molecule has 1 saturated carbocycles. The summed E-state index contributed by atoms with van der Waals surface area (Å²) < 4.78 is 26.5. The summed E-state index contributed by atoms with van der Waals surface area (Å²) in [6, 6.07) is 9.09. The van der Waals surface area contributed by atoms with Crippen LogP contribution in [0, 0.1) is 17.7 Å². The van der Waals surface area contributed by atoms with Gasteiger partial charge in [0.15, 0.2) is 5.82 Å². The van der Waals surface area contributed by atoms with Crippen LogP contribution in [0.5, 0.6) is 0 Å². The van der Waals surface area contributed by atoms with Crippen LogP contribution < -0.4 is 0 Å². The average molecular weight is 336 g/mol. The van der Waals surface area contributed by atoms with E-state index in [4.69, 9.17) is 11.6 Å². The zero-order chi connectivity index (χ0) is 16.4. The van der Waals surface area contributed by atoms with Gasteiger partial charge in [-0.3, -0.25) is 0 Å². The van der Waals surface area contributed by atoms with Crippen molar-refractivity contribution in [3.05, 3.63) is 52.8 Å². The molecule has 122 valence electrons. The van der Waals surface area contributed by atoms with E-state index in [1.807, 2.05) is 12.1 Å². The van der Waals surface area contributed by atoms with Gasteiger partial charge in [-0.25, -0.2) is 9.37 Å². The maximum Gasteiger partial charge on any atom is 0.250 e. The van der Waals surface area contributed by atoms with Gasteiger partial charge in [0.2, 0.25) is 5.95 Å². The number of nitrogens with zero attached hydrogens (tertiary/aromatic N) is 1. The molecule has 0 unspecified atom stereocenters. The predicted octanol–water partition coefficient (Wildman–Crippen LogP) is 6.36. The maximum absolute atomic E-state index is 13.4. The fourth-order valence-electron chi connectivity index (χ4n) is 3.49. The Morgan fingerprint density at radius 2 is 1.74 bits per heavy atom. The second-order valence-corrected chi connectivity index (χ2v) is 6.71. The first-order valence-electron chi connectivity index (χ1n) is 8.20. The van der Waals surface area contributed by atoms with Gasteiger partial charge in [0.25, 0.3) is 0 Å². The molecule has 4 heteroatoms. The number of hydrogen-bond donors (Lipinski definition) is 0. The molecule has 1 fully saturated rings. The first kappa shape index (κ1) is 16.4. The molecule has 1 nitrogen and oxygen atoms in total. The summed E-state index contributed by atoms with van der Waals surface area (Å²) in [5.41, 5.74) is 2.49. The Morgan fingerprint density at radius 1 is 1.09 bits per heavy atom. The highest BCUT2D eigenvalue weighted by Gasteiger charge is 2.21. The summed E-state index contributed by atoms with van der Waals surface area (Å²) in [5.74, 6) is -0.669. The van der Waals surface area contributed by atoms with Crippen molar-refractivity contribution in [2.75, 3.05) is 0 Å². The van der Waals surface area contributed by atoms with E-state index in [-0.39, 0.29) is 5.15 Å². The lowest BCUT2D eigenvalue weighted by Gasteiger charge is -2.28. The van der Waals surface area contributed by atoms with E-state index in [2.05, 4.69) is 24.0 Å². The van der Waals surface area contributed by atoms with Gasteiger partial charge in [-0.2, -0.15) is 4.39 Å². The number of pyridine rings is 1. The van der Waals surface area contributed by atoms with Crippen molar-refractivity contribution in [1.82, 2.24) is 4.98 Å². The highest BCUT2D eigenvalue weighted by molar-refractivity contribution is 6.32. The second-order valence-electron chi connectivity index (χ2n) is 6.35. The minimum Gasteiger partial charge on any atom is -0.205 e. The van der Waals surface area contributed by atoms with Crippen molar-refractivity contribution in [2.45, 2.75) is 44.9 Å². The molecule has 0 amide bonds. The smallest absolute Gasteiger partial charge is 0.205 e. The van der Waals surface area contributed by atoms with E-state index in [9.17, 15) is 8.78 Å². The summed E-state index contributed by atoms with van der Waals surface area (Å²) >= 11 is 5.94. The Labute approximate surface area is 140 Å². The molecule has 1 aliphatic carbocycles. The zero-order valence-electron chi connectivity index (χ0n) is 13.2. The maximum atomic E-state index is 13.4. The third-order valence-corrected chi connectivity index (χ3v) is 5.29. The summed E-state index contributed by atoms with van der Waals surface area (Å²) in [5, 5.41) is -0.0138. The van der Waals surface area contributed by atoms with Gasteiger partial charge in [-0.05, 0) is 54.7 Å². The number of hydrogen-bond acceptors (Lipinski definition) is 1. The second kappa shape index (κ2) is 6.96. The summed E-state index contributed by atoms with van der Waals surface area (Å²) in [6.45, 7) is 2.26. The lowest BCUT2D eigenvalue weighted by molar-refractivity contribution is 0.319. The fourth-order valence-corrected chi connectivity index (χ4v) is 3.72. The highest BCUT2D eigenvalue weighted by atomic mass is 35.5. The van der Waals surface area contributed by atoms with Crippen LogP contribution in [-0.2, 0) is 0 Å². The molecular weight excluding hydrogens is 316 g/mol. The zero-order valence-corrected chi connectivity index (χ0v) is 13.9. The van der Waals surface area contributed by atoms with E-state index < -0.39 is 11.8 Å². The lowest BCUT2D eigenvalue weighted by Crippen LogP contribution is -2.12. The Morgan fingerprint density at radius 3 is 2.35 bits per heavy atom. The molecule has 1 aromatic heterocycles. The Kier molecular flexibility index (Phi) is 4.96. The van der Waals surface area contributed by atoms with Crippen molar-refractivity contribution in [3.63, 3.8) is 0 Å². The highest BCUT2D eigenvalue weighted by Crippen LogP contribution is 2.38. The Balaban J connectivity index is 1.79. The largest absolute Gasteiger partial charge is 0.250 e. The lowest BCUT2D eigenvalue weighted by atomic mass is 9.78. The molecule has 0 aliphatic heterocycles. The van der Waals surface area contributed by atoms with E-state index >= 15 is 0 Å². The SMILES string of the molecule is CC[C@H]1CC[C@H](c2ccc(-c3cc(F)c(F)nc3Cl)cc2)CC1. The number of benzene rings is 1. The molecule has 2 aromatic rings. The van der Waals surface area contributed by atoms with Gasteiger partial charge in [0, 0.05) is 5.56 Å². The summed E-state index contributed by atoms with van der Waals surface area (Å²) in [4.78, 5) is 3.40. The molecule has 1 heterocycles. The van der Waals surface area contributed by atoms with Crippen LogP contribution in [0.1, 0.15) is 50.5 Å². The minimum atomic E-state index is -1.16. The van der Waals surface area contributed by atoms with Gasteiger partial charge >= 0.3 is 0 Å². The van der Waals surface area contributed by atoms with Crippen LogP contribution in [0.25, 0.3) is 11.1 Å². The molecule has 0 radical (unpaired) electrons. The van der Waals surface area contributed by atoms with Crippen molar-refractivity contribution in [1.29, 1.82) is 0 Å². The molecule has 23 heavy (non-hydrogen) atoms. The van der Waals surface area contributed by atoms with Crippen LogP contribution >= 0.6 is 11.6 Å². The standard InChI is InChI=1S/C19H20ClF2N/c1-2-12-3-5-13(6-4-12)14-7-9-15(10-8-14)16-11-17(21)19(22)23-18(16)20/h7-13H,2-6H2,1H3/t12-,13-. The molecule has 0 saturated heterocycles. The summed E-state index contributed by atoms with van der Waals surface area (Å²) in [6.07, 6.45) is 6.31. The van der Waals surface area contributed by atoms with Crippen LogP contribution in [0.3, 0.4) is 0 Å². The van der Waals surface area contributed by atoms with Crippen molar-refractivity contribution >= 4 is 11.6 Å². The fraction of sp³-hybridized carbons (Fsp3) is 0.421. The van der Waals surface area contributed by atoms with Crippen LogP contribution in [0.4, 0.5) is 8.78 Å². The summed E-state index contributed by atoms with van der Waals surface area (Å²) in [7, 11) is 0. The van der Waals surface area contributed by atoms with Gasteiger partial charge in [0.05, 0.1) is 0 Å². The minimum absolute atomic E-state index is 0.0138. The number of halogens is 3. The van der Waals surface area contributed by atoms with Crippen molar-refractivity contribution < 1.29 is 8.78 Å². The molecular formula is C19H20ClF2N. The predicted molar refractivity (Wildman–Crippen MR) is 89.6 cm³/mol. The van der Waals surface area contributed by atoms with Crippen LogP contribution in [0.15, 0.2) is 30.3 Å². The van der Waals surface area contributed by atoms with E-state index in [0.29, 0.717) is 11.5 Å². The van der Waals surface area contributed by atoms with Crippen LogP contribution in [-0.4, -0.2) is 4.98 Å². The first-order chi connectivity index (χ1) is 11.1. The van der Waals surface area contributed by atoms with Crippen molar-refractivity contribution in [3.8, 4) is 11.1 Å². The molecule has 0 atom stereocenters. The van der Waals surface area contributed by atoms with Gasteiger partial charge in [0.1, 0.15) is 5.15 Å². The third-order valence-electron chi connectivity index (χ3n) is 5.00. The van der Waals surface area contributed by atoms with E-state index in [0.717, 1.165) is 17.5 Å². The van der Waals surface area contributed by atoms with Gasteiger partial charge in [-0.1, -0.05) is 49.2 Å². The van der Waals surface area contributed by atoms with E-state index in [1.165, 1.54) is 37.7 Å². The topological polar surface area (TPSA) is 12.9 Å². The Hall–Kier alpha value is -1.48. The first-order valence-corrected chi connectivity index (χ1v) is 8.58. The van der Waals surface area contributed by atoms with Crippen LogP contribution in [0.2, 0.25) is 5.15 Å². The Bertz CT molecular complexity index is 677.